The van der Waals surface area contributed by atoms with Crippen LogP contribution in [0.25, 0.3) is 32.9 Å². The zero-order valence-corrected chi connectivity index (χ0v) is 14.9. The van der Waals surface area contributed by atoms with Gasteiger partial charge in [0.1, 0.15) is 5.58 Å². The van der Waals surface area contributed by atoms with E-state index in [0.717, 1.165) is 53.6 Å². The molecule has 4 aromatic rings. The van der Waals surface area contributed by atoms with E-state index in [1.54, 1.807) is 0 Å². The molecule has 3 aromatic carbocycles. The molecule has 2 heterocycles. The lowest BCUT2D eigenvalue weighted by Crippen LogP contribution is -2.43. The van der Waals surface area contributed by atoms with Crippen LogP contribution < -0.4 is 15.8 Å². The zero-order valence-electron chi connectivity index (χ0n) is 14.9. The molecule has 0 radical (unpaired) electrons. The van der Waals surface area contributed by atoms with Crippen LogP contribution in [0.5, 0.6) is 0 Å². The Morgan fingerprint density at radius 2 is 1.59 bits per heavy atom. The van der Waals surface area contributed by atoms with E-state index in [9.17, 15) is 4.79 Å². The van der Waals surface area contributed by atoms with Crippen LogP contribution in [0.1, 0.15) is 0 Å². The van der Waals surface area contributed by atoms with Crippen molar-refractivity contribution in [3.05, 3.63) is 77.2 Å². The predicted octanol–water partition coefficient (Wildman–Crippen LogP) is 4.02. The van der Waals surface area contributed by atoms with Crippen LogP contribution in [0.4, 0.5) is 5.69 Å². The highest BCUT2D eigenvalue weighted by Crippen LogP contribution is 2.27. The summed E-state index contributed by atoms with van der Waals surface area (Å²) in [6.45, 7) is 3.88. The van der Waals surface area contributed by atoms with E-state index < -0.39 is 0 Å². The Labute approximate surface area is 157 Å². The van der Waals surface area contributed by atoms with Crippen molar-refractivity contribution in [3.8, 4) is 11.1 Å². The van der Waals surface area contributed by atoms with Gasteiger partial charge in [-0.05, 0) is 40.6 Å². The molecule has 5 rings (SSSR count). The van der Waals surface area contributed by atoms with Gasteiger partial charge >= 0.3 is 5.63 Å². The maximum Gasteiger partial charge on any atom is 0.344 e. The Morgan fingerprint density at radius 3 is 2.44 bits per heavy atom. The van der Waals surface area contributed by atoms with Crippen molar-refractivity contribution in [2.24, 2.45) is 0 Å². The summed E-state index contributed by atoms with van der Waals surface area (Å²) < 4.78 is 5.69. The standard InChI is InChI=1S/C23H20N2O2/c26-23-21(18-6-5-16-3-1-2-4-17(16)13-18)14-19-7-8-20(15-22(19)27-23)25-11-9-24-10-12-25/h1-8,13-15,24H,9-12H2. The molecule has 1 N–H and O–H groups in total. The van der Waals surface area contributed by atoms with Gasteiger partial charge in [-0.15, -0.1) is 0 Å². The quantitative estimate of drug-likeness (QED) is 0.551. The summed E-state index contributed by atoms with van der Waals surface area (Å²) >= 11 is 0. The van der Waals surface area contributed by atoms with Gasteiger partial charge in [-0.25, -0.2) is 4.79 Å². The van der Waals surface area contributed by atoms with Crippen molar-refractivity contribution in [2.75, 3.05) is 31.1 Å². The number of nitrogens with zero attached hydrogens (tertiary/aromatic N) is 1. The van der Waals surface area contributed by atoms with E-state index in [0.29, 0.717) is 11.1 Å². The van der Waals surface area contributed by atoms with Gasteiger partial charge in [0.25, 0.3) is 0 Å². The van der Waals surface area contributed by atoms with Crippen molar-refractivity contribution in [3.63, 3.8) is 0 Å². The molecule has 0 unspecified atom stereocenters. The number of benzene rings is 3. The Kier molecular flexibility index (Phi) is 3.91. The number of anilines is 1. The minimum Gasteiger partial charge on any atom is -0.422 e. The molecule has 134 valence electrons. The number of rotatable bonds is 2. The molecular formula is C23H20N2O2. The molecule has 0 bridgehead atoms. The predicted molar refractivity (Wildman–Crippen MR) is 111 cm³/mol. The van der Waals surface area contributed by atoms with Crippen LogP contribution in [-0.2, 0) is 0 Å². The number of fused-ring (bicyclic) bond motifs is 2. The summed E-state index contributed by atoms with van der Waals surface area (Å²) in [6, 6.07) is 22.3. The number of piperazine rings is 1. The summed E-state index contributed by atoms with van der Waals surface area (Å²) in [6.07, 6.45) is 0. The molecule has 0 amide bonds. The van der Waals surface area contributed by atoms with E-state index in [1.165, 1.54) is 0 Å². The molecule has 1 aliphatic heterocycles. The smallest absolute Gasteiger partial charge is 0.344 e. The first kappa shape index (κ1) is 16.1. The van der Waals surface area contributed by atoms with Gasteiger partial charge in [0.05, 0.1) is 5.56 Å². The third kappa shape index (κ3) is 2.98. The Balaban J connectivity index is 1.58. The normalized spacial score (nSPS) is 14.7. The average Bonchev–Trinajstić information content (AvgIpc) is 2.73. The Morgan fingerprint density at radius 1 is 0.815 bits per heavy atom. The van der Waals surface area contributed by atoms with Gasteiger partial charge < -0.3 is 14.6 Å². The van der Waals surface area contributed by atoms with E-state index in [2.05, 4.69) is 28.4 Å². The molecule has 1 aliphatic rings. The van der Waals surface area contributed by atoms with E-state index in [1.807, 2.05) is 48.5 Å². The van der Waals surface area contributed by atoms with Crippen LogP contribution in [0, 0.1) is 0 Å². The first-order valence-corrected chi connectivity index (χ1v) is 9.31. The monoisotopic (exact) mass is 356 g/mol. The minimum absolute atomic E-state index is 0.296. The van der Waals surface area contributed by atoms with Gasteiger partial charge in [0, 0.05) is 43.3 Å². The zero-order chi connectivity index (χ0) is 18.2. The largest absolute Gasteiger partial charge is 0.422 e. The average molecular weight is 356 g/mol. The molecule has 0 saturated carbocycles. The lowest BCUT2D eigenvalue weighted by Gasteiger charge is -2.29. The fraction of sp³-hybridized carbons (Fsp3) is 0.174. The first-order chi connectivity index (χ1) is 13.3. The Bertz CT molecular complexity index is 1190. The lowest BCUT2D eigenvalue weighted by atomic mass is 10.0. The second-order valence-electron chi connectivity index (χ2n) is 6.97. The molecule has 1 aromatic heterocycles. The summed E-state index contributed by atoms with van der Waals surface area (Å²) in [7, 11) is 0. The highest BCUT2D eigenvalue weighted by Gasteiger charge is 2.13. The van der Waals surface area contributed by atoms with Gasteiger partial charge in [0.2, 0.25) is 0 Å². The summed E-state index contributed by atoms with van der Waals surface area (Å²) in [5.74, 6) is 0. The minimum atomic E-state index is -0.296. The van der Waals surface area contributed by atoms with Crippen LogP contribution in [0.15, 0.2) is 75.9 Å². The third-order valence-electron chi connectivity index (χ3n) is 5.26. The highest BCUT2D eigenvalue weighted by molar-refractivity contribution is 5.89. The van der Waals surface area contributed by atoms with Crippen LogP contribution in [0.3, 0.4) is 0 Å². The van der Waals surface area contributed by atoms with Crippen molar-refractivity contribution >= 4 is 27.4 Å². The first-order valence-electron chi connectivity index (χ1n) is 9.31. The Hall–Kier alpha value is -3.11. The number of hydrogen-bond donors (Lipinski definition) is 1. The van der Waals surface area contributed by atoms with Crippen molar-refractivity contribution < 1.29 is 4.42 Å². The van der Waals surface area contributed by atoms with Crippen LogP contribution in [0.2, 0.25) is 0 Å². The van der Waals surface area contributed by atoms with Gasteiger partial charge in [-0.3, -0.25) is 0 Å². The molecule has 27 heavy (non-hydrogen) atoms. The van der Waals surface area contributed by atoms with Crippen molar-refractivity contribution in [1.29, 1.82) is 0 Å². The summed E-state index contributed by atoms with van der Waals surface area (Å²) in [4.78, 5) is 15.0. The van der Waals surface area contributed by atoms with Gasteiger partial charge in [-0.1, -0.05) is 36.4 Å². The fourth-order valence-electron chi connectivity index (χ4n) is 3.78. The number of nitrogens with one attached hydrogen (secondary N) is 1. The molecule has 0 atom stereocenters. The molecule has 1 fully saturated rings. The van der Waals surface area contributed by atoms with E-state index in [4.69, 9.17) is 4.42 Å². The molecule has 1 saturated heterocycles. The summed E-state index contributed by atoms with van der Waals surface area (Å²) in [5, 5.41) is 6.57. The molecular weight excluding hydrogens is 336 g/mol. The van der Waals surface area contributed by atoms with Gasteiger partial charge in [-0.2, -0.15) is 0 Å². The van der Waals surface area contributed by atoms with Crippen LogP contribution >= 0.6 is 0 Å². The molecule has 4 heteroatoms. The van der Waals surface area contributed by atoms with Crippen molar-refractivity contribution in [2.45, 2.75) is 0 Å². The maximum absolute atomic E-state index is 12.7. The maximum atomic E-state index is 12.7. The van der Waals surface area contributed by atoms with E-state index in [-0.39, 0.29) is 5.63 Å². The molecule has 4 nitrogen and oxygen atoms in total. The molecule has 0 spiro atoms. The SMILES string of the molecule is O=c1oc2cc(N3CCNCC3)ccc2cc1-c1ccc2ccccc2c1. The van der Waals surface area contributed by atoms with Crippen molar-refractivity contribution in [1.82, 2.24) is 5.32 Å². The van der Waals surface area contributed by atoms with E-state index >= 15 is 0 Å². The second kappa shape index (κ2) is 6.56. The second-order valence-corrected chi connectivity index (χ2v) is 6.97. The summed E-state index contributed by atoms with van der Waals surface area (Å²) in [5.41, 5.74) is 2.93. The fourth-order valence-corrected chi connectivity index (χ4v) is 3.78. The third-order valence-corrected chi connectivity index (χ3v) is 5.26. The topological polar surface area (TPSA) is 45.5 Å². The van der Waals surface area contributed by atoms with Crippen LogP contribution in [-0.4, -0.2) is 26.2 Å². The van der Waals surface area contributed by atoms with Gasteiger partial charge in [0.15, 0.2) is 0 Å². The number of hydrogen-bond acceptors (Lipinski definition) is 4. The lowest BCUT2D eigenvalue weighted by molar-refractivity contribution is 0.562. The molecule has 0 aliphatic carbocycles. The highest BCUT2D eigenvalue weighted by atomic mass is 16.4.